The summed E-state index contributed by atoms with van der Waals surface area (Å²) in [6.45, 7) is 5.64. The number of amides is 1. The molecule has 0 spiro atoms. The third-order valence-electron chi connectivity index (χ3n) is 5.58. The molecule has 0 aliphatic carbocycles. The van der Waals surface area contributed by atoms with Gasteiger partial charge in [-0.05, 0) is 63.3 Å². The number of aromatic nitrogens is 1. The minimum Gasteiger partial charge on any atom is -0.462 e. The molecule has 2 aromatic heterocycles. The number of fused-ring (bicyclic) bond motifs is 1. The summed E-state index contributed by atoms with van der Waals surface area (Å²) < 4.78 is 38.6. The van der Waals surface area contributed by atoms with Gasteiger partial charge in [0.25, 0.3) is 0 Å². The first kappa shape index (κ1) is 23.4. The molecule has 1 saturated heterocycles. The number of rotatable bonds is 6. The molecule has 1 N–H and O–H groups in total. The Kier molecular flexibility index (Phi) is 6.55. The summed E-state index contributed by atoms with van der Waals surface area (Å²) in [5.74, 6) is -0.854. The van der Waals surface area contributed by atoms with Gasteiger partial charge in [-0.25, -0.2) is 13.2 Å². The van der Waals surface area contributed by atoms with Crippen LogP contribution in [0.15, 0.2) is 33.7 Å². The maximum atomic E-state index is 13.1. The molecular weight excluding hydrogens is 466 g/mol. The van der Waals surface area contributed by atoms with E-state index in [9.17, 15) is 18.0 Å². The van der Waals surface area contributed by atoms with Gasteiger partial charge >= 0.3 is 5.97 Å². The number of esters is 1. The maximum Gasteiger partial charge on any atom is 0.348 e. The number of carbonyl (C=O) groups excluding carboxylic acids is 2. The number of nitrogens with zero attached hydrogens (tertiary/aromatic N) is 2. The number of carbonyl (C=O) groups is 2. The van der Waals surface area contributed by atoms with Crippen LogP contribution in [0, 0.1) is 19.8 Å². The van der Waals surface area contributed by atoms with Crippen molar-refractivity contribution in [3.8, 4) is 0 Å². The van der Waals surface area contributed by atoms with Crippen LogP contribution in [0.25, 0.3) is 10.1 Å². The predicted octanol–water partition coefficient (Wildman–Crippen LogP) is 3.72. The fraction of sp³-hybridized carbons (Fsp3) is 0.409. The van der Waals surface area contributed by atoms with E-state index in [4.69, 9.17) is 9.26 Å². The lowest BCUT2D eigenvalue weighted by Crippen LogP contribution is -2.43. The van der Waals surface area contributed by atoms with E-state index in [2.05, 4.69) is 10.5 Å². The highest BCUT2D eigenvalue weighted by molar-refractivity contribution is 7.89. The largest absolute Gasteiger partial charge is 0.462 e. The van der Waals surface area contributed by atoms with Crippen molar-refractivity contribution in [2.24, 2.45) is 5.92 Å². The number of anilines is 1. The molecule has 1 amide bonds. The number of benzene rings is 1. The Morgan fingerprint density at radius 2 is 2.09 bits per heavy atom. The summed E-state index contributed by atoms with van der Waals surface area (Å²) in [5, 5.41) is 7.47. The molecule has 1 aliphatic rings. The highest BCUT2D eigenvalue weighted by Gasteiger charge is 2.36. The van der Waals surface area contributed by atoms with Crippen LogP contribution in [0.1, 0.15) is 40.9 Å². The number of ether oxygens (including phenoxy) is 1. The molecule has 1 atom stereocenters. The molecule has 1 aromatic carbocycles. The molecule has 4 rings (SSSR count). The van der Waals surface area contributed by atoms with Gasteiger partial charge < -0.3 is 14.6 Å². The van der Waals surface area contributed by atoms with Gasteiger partial charge in [-0.2, -0.15) is 4.31 Å². The summed E-state index contributed by atoms with van der Waals surface area (Å²) in [6, 6.07) is 7.15. The standard InChI is InChI=1S/C22H25N3O6S2/c1-4-30-22(27)19-11-16-10-17(7-8-18(16)32-19)23-21(26)15-6-5-9-25(12-15)33(28,29)20-13(2)24-31-14(20)3/h7-8,10-11,15H,4-6,9,12H2,1-3H3,(H,23,26). The van der Waals surface area contributed by atoms with Crippen molar-refractivity contribution in [1.29, 1.82) is 0 Å². The third kappa shape index (κ3) is 4.66. The second-order valence-electron chi connectivity index (χ2n) is 7.93. The van der Waals surface area contributed by atoms with Gasteiger partial charge in [0.15, 0.2) is 5.76 Å². The van der Waals surface area contributed by atoms with Gasteiger partial charge in [0, 0.05) is 23.5 Å². The Hall–Kier alpha value is -2.76. The van der Waals surface area contributed by atoms with E-state index in [1.165, 1.54) is 15.6 Å². The lowest BCUT2D eigenvalue weighted by molar-refractivity contribution is -0.120. The number of piperidine rings is 1. The highest BCUT2D eigenvalue weighted by Crippen LogP contribution is 2.31. The minimum absolute atomic E-state index is 0.0730. The van der Waals surface area contributed by atoms with Crippen LogP contribution in [-0.2, 0) is 19.6 Å². The van der Waals surface area contributed by atoms with E-state index >= 15 is 0 Å². The van der Waals surface area contributed by atoms with E-state index in [-0.39, 0.29) is 29.1 Å². The molecule has 176 valence electrons. The number of hydrogen-bond acceptors (Lipinski definition) is 8. The zero-order valence-electron chi connectivity index (χ0n) is 18.6. The van der Waals surface area contributed by atoms with Gasteiger partial charge in [-0.1, -0.05) is 5.16 Å². The van der Waals surface area contributed by atoms with Gasteiger partial charge in [0.05, 0.1) is 12.5 Å². The molecule has 1 aliphatic heterocycles. The van der Waals surface area contributed by atoms with Crippen LogP contribution in [0.5, 0.6) is 0 Å². The Balaban J connectivity index is 1.48. The Morgan fingerprint density at radius 1 is 1.30 bits per heavy atom. The molecule has 1 unspecified atom stereocenters. The first-order valence-corrected chi connectivity index (χ1v) is 12.9. The number of hydrogen-bond donors (Lipinski definition) is 1. The molecule has 0 radical (unpaired) electrons. The first-order chi connectivity index (χ1) is 15.7. The molecular formula is C22H25N3O6S2. The van der Waals surface area contributed by atoms with E-state index < -0.39 is 15.9 Å². The number of sulfonamides is 1. The fourth-order valence-corrected chi connectivity index (χ4v) is 6.77. The van der Waals surface area contributed by atoms with Crippen LogP contribution in [0.2, 0.25) is 0 Å². The number of aryl methyl sites for hydroxylation is 2. The molecule has 33 heavy (non-hydrogen) atoms. The normalized spacial score (nSPS) is 17.2. The van der Waals surface area contributed by atoms with E-state index in [0.717, 1.165) is 10.1 Å². The smallest absolute Gasteiger partial charge is 0.348 e. The molecule has 11 heteroatoms. The number of nitrogens with one attached hydrogen (secondary N) is 1. The topological polar surface area (TPSA) is 119 Å². The van der Waals surface area contributed by atoms with Crippen LogP contribution >= 0.6 is 11.3 Å². The second-order valence-corrected chi connectivity index (χ2v) is 10.9. The Bertz CT molecular complexity index is 1290. The van der Waals surface area contributed by atoms with Gasteiger partial charge in [-0.3, -0.25) is 4.79 Å². The summed E-state index contributed by atoms with van der Waals surface area (Å²) in [5.41, 5.74) is 0.900. The van der Waals surface area contributed by atoms with Crippen molar-refractivity contribution in [1.82, 2.24) is 9.46 Å². The van der Waals surface area contributed by atoms with Crippen LogP contribution in [-0.4, -0.2) is 49.5 Å². The summed E-state index contributed by atoms with van der Waals surface area (Å²) >= 11 is 1.33. The second kappa shape index (κ2) is 9.24. The summed E-state index contributed by atoms with van der Waals surface area (Å²) in [7, 11) is -3.80. The van der Waals surface area contributed by atoms with Crippen LogP contribution in [0.4, 0.5) is 5.69 Å². The average molecular weight is 492 g/mol. The number of thiophene rings is 1. The fourth-order valence-electron chi connectivity index (χ4n) is 4.01. The van der Waals surface area contributed by atoms with Crippen molar-refractivity contribution < 1.29 is 27.3 Å². The van der Waals surface area contributed by atoms with Crippen molar-refractivity contribution in [3.05, 3.63) is 40.6 Å². The van der Waals surface area contributed by atoms with Gasteiger partial charge in [0.1, 0.15) is 15.5 Å². The molecule has 3 aromatic rings. The van der Waals surface area contributed by atoms with Crippen LogP contribution in [0.3, 0.4) is 0 Å². The van der Waals surface area contributed by atoms with Crippen molar-refractivity contribution in [2.45, 2.75) is 38.5 Å². The maximum absolute atomic E-state index is 13.1. The highest BCUT2D eigenvalue weighted by atomic mass is 32.2. The average Bonchev–Trinajstić information content (AvgIpc) is 3.36. The quantitative estimate of drug-likeness (QED) is 0.522. The van der Waals surface area contributed by atoms with Crippen molar-refractivity contribution in [3.63, 3.8) is 0 Å². The Morgan fingerprint density at radius 3 is 2.79 bits per heavy atom. The zero-order valence-corrected chi connectivity index (χ0v) is 20.2. The van der Waals surface area contributed by atoms with Gasteiger partial charge in [0.2, 0.25) is 15.9 Å². The van der Waals surface area contributed by atoms with E-state index in [1.807, 2.05) is 6.07 Å². The SMILES string of the molecule is CCOC(=O)c1cc2cc(NC(=O)C3CCCN(S(=O)(=O)c4c(C)noc4C)C3)ccc2s1. The molecule has 3 heterocycles. The van der Waals surface area contributed by atoms with Gasteiger partial charge in [-0.15, -0.1) is 11.3 Å². The minimum atomic E-state index is -3.80. The Labute approximate surface area is 195 Å². The summed E-state index contributed by atoms with van der Waals surface area (Å²) in [6.07, 6.45) is 1.17. The zero-order chi connectivity index (χ0) is 23.8. The van der Waals surface area contributed by atoms with E-state index in [1.54, 1.807) is 39.0 Å². The van der Waals surface area contributed by atoms with Crippen molar-refractivity contribution in [2.75, 3.05) is 25.0 Å². The molecule has 0 bridgehead atoms. The molecule has 9 nitrogen and oxygen atoms in total. The third-order valence-corrected chi connectivity index (χ3v) is 8.79. The summed E-state index contributed by atoms with van der Waals surface area (Å²) in [4.78, 5) is 25.5. The lowest BCUT2D eigenvalue weighted by atomic mass is 9.98. The molecule has 1 fully saturated rings. The monoisotopic (exact) mass is 491 g/mol. The van der Waals surface area contributed by atoms with Crippen molar-refractivity contribution >= 4 is 49.0 Å². The van der Waals surface area contributed by atoms with Crippen LogP contribution < -0.4 is 5.32 Å². The lowest BCUT2D eigenvalue weighted by Gasteiger charge is -2.31. The van der Waals surface area contributed by atoms with E-state index in [0.29, 0.717) is 42.3 Å². The molecule has 0 saturated carbocycles. The first-order valence-electron chi connectivity index (χ1n) is 10.6. The predicted molar refractivity (Wildman–Crippen MR) is 124 cm³/mol.